The predicted molar refractivity (Wildman–Crippen MR) is 126 cm³/mol. The SMILES string of the molecule is CCOc1cccc(NC(=O)C(C#N)=Cc2cc(C)n(-c3ccc(C)c([N+](=O)[O-])c3)c2C)c1. The summed E-state index contributed by atoms with van der Waals surface area (Å²) in [5, 5.41) is 23.7. The first-order valence-corrected chi connectivity index (χ1v) is 10.4. The number of nitro benzene ring substituents is 1. The summed E-state index contributed by atoms with van der Waals surface area (Å²) in [4.78, 5) is 23.7. The summed E-state index contributed by atoms with van der Waals surface area (Å²) < 4.78 is 7.30. The number of carbonyl (C=O) groups excluding carboxylic acids is 1. The molecule has 3 aromatic rings. The number of nitro groups is 1. The molecule has 1 heterocycles. The summed E-state index contributed by atoms with van der Waals surface area (Å²) >= 11 is 0. The van der Waals surface area contributed by atoms with Gasteiger partial charge in [-0.25, -0.2) is 0 Å². The van der Waals surface area contributed by atoms with Gasteiger partial charge >= 0.3 is 0 Å². The Morgan fingerprint density at radius 2 is 1.97 bits per heavy atom. The minimum atomic E-state index is -0.540. The predicted octanol–water partition coefficient (Wildman–Crippen LogP) is 5.26. The van der Waals surface area contributed by atoms with Crippen molar-refractivity contribution in [3.63, 3.8) is 0 Å². The zero-order valence-electron chi connectivity index (χ0n) is 18.9. The van der Waals surface area contributed by atoms with Gasteiger partial charge < -0.3 is 14.6 Å². The van der Waals surface area contributed by atoms with Gasteiger partial charge in [-0.05, 0) is 63.6 Å². The molecule has 0 spiro atoms. The van der Waals surface area contributed by atoms with Crippen LogP contribution in [-0.4, -0.2) is 22.0 Å². The molecule has 0 aliphatic rings. The summed E-state index contributed by atoms with van der Waals surface area (Å²) in [7, 11) is 0. The molecule has 1 N–H and O–H groups in total. The van der Waals surface area contributed by atoms with Crippen LogP contribution in [0.5, 0.6) is 5.75 Å². The average molecular weight is 444 g/mol. The van der Waals surface area contributed by atoms with Crippen molar-refractivity contribution >= 4 is 23.4 Å². The summed E-state index contributed by atoms with van der Waals surface area (Å²) in [6.45, 7) is 7.76. The number of hydrogen-bond donors (Lipinski definition) is 1. The summed E-state index contributed by atoms with van der Waals surface area (Å²) in [5.74, 6) is 0.0791. The van der Waals surface area contributed by atoms with Gasteiger partial charge in [0.15, 0.2) is 0 Å². The molecule has 0 saturated heterocycles. The van der Waals surface area contributed by atoms with Crippen molar-refractivity contribution < 1.29 is 14.5 Å². The van der Waals surface area contributed by atoms with Crippen molar-refractivity contribution in [2.24, 2.45) is 0 Å². The minimum absolute atomic E-state index is 0.0310. The van der Waals surface area contributed by atoms with Crippen LogP contribution in [0.3, 0.4) is 0 Å². The molecule has 2 aromatic carbocycles. The zero-order chi connectivity index (χ0) is 24.1. The molecule has 168 valence electrons. The number of nitrogens with one attached hydrogen (secondary N) is 1. The summed E-state index contributed by atoms with van der Waals surface area (Å²) in [6, 6.07) is 15.8. The van der Waals surface area contributed by atoms with E-state index >= 15 is 0 Å². The molecule has 0 saturated carbocycles. The topological polar surface area (TPSA) is 110 Å². The standard InChI is InChI=1S/C25H24N4O4/c1-5-33-23-8-6-7-21(13-23)27-25(30)20(15-26)12-19-11-17(3)28(18(19)4)22-10-9-16(2)24(14-22)29(31)32/h6-14H,5H2,1-4H3,(H,27,30). The number of aromatic nitrogens is 1. The van der Waals surface area contributed by atoms with E-state index in [1.807, 2.05) is 37.5 Å². The van der Waals surface area contributed by atoms with Crippen LogP contribution in [0.1, 0.15) is 29.4 Å². The lowest BCUT2D eigenvalue weighted by Gasteiger charge is -2.10. The number of nitrogens with zero attached hydrogens (tertiary/aromatic N) is 3. The van der Waals surface area contributed by atoms with E-state index in [2.05, 4.69) is 5.32 Å². The molecule has 3 rings (SSSR count). The molecule has 0 radical (unpaired) electrons. The van der Waals surface area contributed by atoms with Crippen molar-refractivity contribution in [2.45, 2.75) is 27.7 Å². The van der Waals surface area contributed by atoms with Crippen molar-refractivity contribution in [1.29, 1.82) is 5.26 Å². The molecule has 8 heteroatoms. The first-order valence-electron chi connectivity index (χ1n) is 10.4. The van der Waals surface area contributed by atoms with Gasteiger partial charge in [0.1, 0.15) is 17.4 Å². The van der Waals surface area contributed by atoms with E-state index in [1.54, 1.807) is 43.3 Å². The lowest BCUT2D eigenvalue weighted by Crippen LogP contribution is -2.13. The van der Waals surface area contributed by atoms with Gasteiger partial charge in [-0.2, -0.15) is 5.26 Å². The third-order valence-electron chi connectivity index (χ3n) is 5.19. The van der Waals surface area contributed by atoms with Crippen molar-refractivity contribution in [1.82, 2.24) is 4.57 Å². The van der Waals surface area contributed by atoms with E-state index in [9.17, 15) is 20.2 Å². The quantitative estimate of drug-likeness (QED) is 0.231. The maximum atomic E-state index is 12.7. The van der Waals surface area contributed by atoms with E-state index in [0.29, 0.717) is 34.9 Å². The van der Waals surface area contributed by atoms with Crippen LogP contribution in [-0.2, 0) is 4.79 Å². The number of carbonyl (C=O) groups is 1. The minimum Gasteiger partial charge on any atom is -0.494 e. The number of nitriles is 1. The molecule has 33 heavy (non-hydrogen) atoms. The fourth-order valence-corrected chi connectivity index (χ4v) is 3.60. The third-order valence-corrected chi connectivity index (χ3v) is 5.19. The highest BCUT2D eigenvalue weighted by atomic mass is 16.6. The van der Waals surface area contributed by atoms with E-state index < -0.39 is 10.8 Å². The van der Waals surface area contributed by atoms with Crippen LogP contribution in [0.2, 0.25) is 0 Å². The van der Waals surface area contributed by atoms with Crippen LogP contribution in [0.25, 0.3) is 11.8 Å². The first kappa shape index (κ1) is 23.3. The number of ether oxygens (including phenoxy) is 1. The monoisotopic (exact) mass is 444 g/mol. The van der Waals surface area contributed by atoms with Gasteiger partial charge in [0, 0.05) is 34.8 Å². The Morgan fingerprint density at radius 3 is 2.64 bits per heavy atom. The second kappa shape index (κ2) is 9.83. The van der Waals surface area contributed by atoms with Crippen LogP contribution in [0, 0.1) is 42.2 Å². The van der Waals surface area contributed by atoms with Gasteiger partial charge in [0.25, 0.3) is 11.6 Å². The lowest BCUT2D eigenvalue weighted by molar-refractivity contribution is -0.385. The van der Waals surface area contributed by atoms with Crippen LogP contribution >= 0.6 is 0 Å². The Kier molecular flexibility index (Phi) is 6.94. The third kappa shape index (κ3) is 5.10. The number of rotatable bonds is 7. The molecule has 8 nitrogen and oxygen atoms in total. The molecule has 1 aromatic heterocycles. The Balaban J connectivity index is 1.93. The number of anilines is 1. The highest BCUT2D eigenvalue weighted by Crippen LogP contribution is 2.27. The van der Waals surface area contributed by atoms with Crippen LogP contribution < -0.4 is 10.1 Å². The highest BCUT2D eigenvalue weighted by molar-refractivity contribution is 6.09. The normalized spacial score (nSPS) is 11.1. The smallest absolute Gasteiger partial charge is 0.274 e. The fraction of sp³-hybridized carbons (Fsp3) is 0.200. The number of amides is 1. The molecule has 0 fully saturated rings. The van der Waals surface area contributed by atoms with Gasteiger partial charge in [0.05, 0.1) is 17.2 Å². The van der Waals surface area contributed by atoms with E-state index in [-0.39, 0.29) is 11.3 Å². The van der Waals surface area contributed by atoms with E-state index in [1.165, 1.54) is 12.1 Å². The largest absolute Gasteiger partial charge is 0.494 e. The zero-order valence-corrected chi connectivity index (χ0v) is 18.9. The Hall–Kier alpha value is -4.38. The number of benzene rings is 2. The van der Waals surface area contributed by atoms with Gasteiger partial charge in [-0.15, -0.1) is 0 Å². The van der Waals surface area contributed by atoms with Gasteiger partial charge in [0.2, 0.25) is 0 Å². The van der Waals surface area contributed by atoms with Crippen molar-refractivity contribution in [3.05, 3.63) is 86.7 Å². The molecular weight excluding hydrogens is 420 g/mol. The maximum absolute atomic E-state index is 12.7. The molecule has 0 bridgehead atoms. The Morgan fingerprint density at radius 1 is 1.21 bits per heavy atom. The van der Waals surface area contributed by atoms with Gasteiger partial charge in [-0.1, -0.05) is 12.1 Å². The van der Waals surface area contributed by atoms with Crippen LogP contribution in [0.4, 0.5) is 11.4 Å². The molecule has 0 aliphatic heterocycles. The lowest BCUT2D eigenvalue weighted by atomic mass is 10.1. The van der Waals surface area contributed by atoms with Crippen molar-refractivity contribution in [3.8, 4) is 17.5 Å². The second-order valence-electron chi connectivity index (χ2n) is 7.47. The van der Waals surface area contributed by atoms with E-state index in [0.717, 1.165) is 11.4 Å². The highest BCUT2D eigenvalue weighted by Gasteiger charge is 2.17. The molecular formula is C25H24N4O4. The molecule has 0 unspecified atom stereocenters. The second-order valence-corrected chi connectivity index (χ2v) is 7.47. The maximum Gasteiger partial charge on any atom is 0.274 e. The Labute approximate surface area is 191 Å². The molecule has 0 aliphatic carbocycles. The fourth-order valence-electron chi connectivity index (χ4n) is 3.60. The van der Waals surface area contributed by atoms with Crippen molar-refractivity contribution in [2.75, 3.05) is 11.9 Å². The molecule has 1 amide bonds. The van der Waals surface area contributed by atoms with Gasteiger partial charge in [-0.3, -0.25) is 14.9 Å². The Bertz CT molecular complexity index is 1300. The van der Waals surface area contributed by atoms with Crippen LogP contribution in [0.15, 0.2) is 54.1 Å². The number of aryl methyl sites for hydroxylation is 2. The first-order chi connectivity index (χ1) is 15.7. The summed E-state index contributed by atoms with van der Waals surface area (Å²) in [5.41, 5.74) is 3.94. The summed E-state index contributed by atoms with van der Waals surface area (Å²) in [6.07, 6.45) is 1.52. The molecule has 0 atom stereocenters. The van der Waals surface area contributed by atoms with E-state index in [4.69, 9.17) is 4.74 Å². The average Bonchev–Trinajstić information content (AvgIpc) is 3.05. The number of hydrogen-bond acceptors (Lipinski definition) is 5.